The number of carbonyl (C=O) groups is 1. The van der Waals surface area contributed by atoms with Gasteiger partial charge in [-0.2, -0.15) is 0 Å². The third-order valence-electron chi connectivity index (χ3n) is 4.11. The Morgan fingerprint density at radius 3 is 2.90 bits per heavy atom. The highest BCUT2D eigenvalue weighted by Gasteiger charge is 2.11. The molecule has 0 aliphatic heterocycles. The maximum atomic E-state index is 12.2. The maximum Gasteiger partial charge on any atom is 0.258 e. The lowest BCUT2D eigenvalue weighted by Crippen LogP contribution is -2.14. The zero-order valence-corrected chi connectivity index (χ0v) is 17.9. The van der Waals surface area contributed by atoms with Gasteiger partial charge in [-0.25, -0.2) is 4.98 Å². The molecule has 0 fully saturated rings. The molecule has 1 N–H and O–H groups in total. The molecule has 4 rings (SSSR count). The number of nitrogens with one attached hydrogen (secondary N) is 1. The Morgan fingerprint density at radius 1 is 1.24 bits per heavy atom. The molecule has 3 heterocycles. The minimum atomic E-state index is -0.0882. The number of carbonyl (C=O) groups excluding carboxylic acids is 1. The van der Waals surface area contributed by atoms with Crippen LogP contribution in [0, 0.1) is 6.92 Å². The van der Waals surface area contributed by atoms with E-state index in [4.69, 9.17) is 0 Å². The highest BCUT2D eigenvalue weighted by molar-refractivity contribution is 8.00. The second-order valence-corrected chi connectivity index (χ2v) is 9.31. The van der Waals surface area contributed by atoms with E-state index in [1.54, 1.807) is 10.5 Å². The first-order chi connectivity index (χ1) is 14.1. The lowest BCUT2D eigenvalue weighted by Gasteiger charge is -2.01. The van der Waals surface area contributed by atoms with Crippen LogP contribution in [-0.2, 0) is 17.0 Å². The zero-order valence-electron chi connectivity index (χ0n) is 15.5. The van der Waals surface area contributed by atoms with Gasteiger partial charge in [-0.3, -0.25) is 14.0 Å². The van der Waals surface area contributed by atoms with Crippen LogP contribution in [-0.4, -0.2) is 25.5 Å². The first-order valence-corrected chi connectivity index (χ1v) is 11.5. The standard InChI is InChI=1S/C19H17N5O2S3/c1-12-10-27-18-20-14(9-16(26)24(12)18)11-28-19-23-22-17(29-19)21-15(25)8-7-13-5-3-2-4-6-13/h2-6,9-10H,7-8,11H2,1H3,(H,21,22,25). The van der Waals surface area contributed by atoms with Crippen LogP contribution in [0.5, 0.6) is 0 Å². The Balaban J connectivity index is 1.32. The quantitative estimate of drug-likeness (QED) is 0.345. The van der Waals surface area contributed by atoms with Gasteiger partial charge in [0, 0.05) is 29.3 Å². The van der Waals surface area contributed by atoms with Gasteiger partial charge >= 0.3 is 0 Å². The molecule has 0 radical (unpaired) electrons. The summed E-state index contributed by atoms with van der Waals surface area (Å²) in [6.07, 6.45) is 1.07. The molecule has 1 aromatic carbocycles. The fraction of sp³-hybridized carbons (Fsp3) is 0.211. The Morgan fingerprint density at radius 2 is 2.07 bits per heavy atom. The van der Waals surface area contributed by atoms with Crippen LogP contribution in [0.25, 0.3) is 4.96 Å². The van der Waals surface area contributed by atoms with Crippen LogP contribution in [0.2, 0.25) is 0 Å². The fourth-order valence-corrected chi connectivity index (χ4v) is 5.26. The summed E-state index contributed by atoms with van der Waals surface area (Å²) in [4.78, 5) is 29.6. The van der Waals surface area contributed by atoms with Gasteiger partial charge in [0.15, 0.2) is 9.30 Å². The van der Waals surface area contributed by atoms with E-state index in [-0.39, 0.29) is 11.5 Å². The Bertz CT molecular complexity index is 1200. The molecule has 0 unspecified atom stereocenters. The van der Waals surface area contributed by atoms with Crippen molar-refractivity contribution in [2.24, 2.45) is 0 Å². The Labute approximate surface area is 178 Å². The predicted octanol–water partition coefficient (Wildman–Crippen LogP) is 3.78. The van der Waals surface area contributed by atoms with Gasteiger partial charge in [0.05, 0.1) is 5.69 Å². The zero-order chi connectivity index (χ0) is 20.2. The van der Waals surface area contributed by atoms with Crippen LogP contribution in [0.15, 0.2) is 50.9 Å². The summed E-state index contributed by atoms with van der Waals surface area (Å²) >= 11 is 4.21. The average molecular weight is 444 g/mol. The summed E-state index contributed by atoms with van der Waals surface area (Å²) in [7, 11) is 0. The molecule has 148 valence electrons. The van der Waals surface area contributed by atoms with E-state index in [9.17, 15) is 9.59 Å². The maximum absolute atomic E-state index is 12.2. The van der Waals surface area contributed by atoms with Crippen LogP contribution >= 0.6 is 34.4 Å². The van der Waals surface area contributed by atoms with Gasteiger partial charge in [-0.05, 0) is 18.9 Å². The predicted molar refractivity (Wildman–Crippen MR) is 117 cm³/mol. The molecule has 0 bridgehead atoms. The van der Waals surface area contributed by atoms with Crippen molar-refractivity contribution < 1.29 is 4.79 Å². The number of benzene rings is 1. The molecule has 7 nitrogen and oxygen atoms in total. The van der Waals surface area contributed by atoms with E-state index in [1.165, 1.54) is 34.4 Å². The number of hydrogen-bond acceptors (Lipinski definition) is 8. The molecule has 4 aromatic rings. The molecule has 0 saturated carbocycles. The third kappa shape index (κ3) is 4.89. The van der Waals surface area contributed by atoms with Crippen molar-refractivity contribution in [2.45, 2.75) is 29.9 Å². The minimum absolute atomic E-state index is 0.0759. The molecule has 29 heavy (non-hydrogen) atoms. The monoisotopic (exact) mass is 443 g/mol. The molecule has 0 atom stereocenters. The molecular weight excluding hydrogens is 426 g/mol. The summed E-state index contributed by atoms with van der Waals surface area (Å²) in [6, 6.07) is 11.4. The SMILES string of the molecule is Cc1csc2nc(CSc3nnc(NC(=O)CCc4ccccc4)s3)cc(=O)n12. The number of fused-ring (bicyclic) bond motifs is 1. The van der Waals surface area contributed by atoms with Crippen molar-refractivity contribution in [1.29, 1.82) is 0 Å². The number of aryl methyl sites for hydroxylation is 2. The average Bonchev–Trinajstić information content (AvgIpc) is 3.32. The van der Waals surface area contributed by atoms with E-state index >= 15 is 0 Å². The fourth-order valence-electron chi connectivity index (χ4n) is 2.71. The minimum Gasteiger partial charge on any atom is -0.300 e. The van der Waals surface area contributed by atoms with Gasteiger partial charge in [-0.15, -0.1) is 21.5 Å². The van der Waals surface area contributed by atoms with E-state index in [1.807, 2.05) is 42.6 Å². The van der Waals surface area contributed by atoms with Gasteiger partial charge < -0.3 is 5.32 Å². The first kappa shape index (κ1) is 19.7. The van der Waals surface area contributed by atoms with Crippen molar-refractivity contribution in [3.63, 3.8) is 0 Å². The van der Waals surface area contributed by atoms with Crippen LogP contribution in [0.1, 0.15) is 23.4 Å². The highest BCUT2D eigenvalue weighted by Crippen LogP contribution is 2.28. The second kappa shape index (κ2) is 8.85. The van der Waals surface area contributed by atoms with Crippen molar-refractivity contribution in [3.8, 4) is 0 Å². The number of thioether (sulfide) groups is 1. The number of nitrogens with zero attached hydrogens (tertiary/aromatic N) is 4. The summed E-state index contributed by atoms with van der Waals surface area (Å²) in [6.45, 7) is 1.89. The first-order valence-electron chi connectivity index (χ1n) is 8.85. The molecule has 0 saturated heterocycles. The number of rotatable bonds is 7. The lowest BCUT2D eigenvalue weighted by atomic mass is 10.1. The number of aromatic nitrogens is 4. The smallest absolute Gasteiger partial charge is 0.258 e. The Hall–Kier alpha value is -2.56. The largest absolute Gasteiger partial charge is 0.300 e. The van der Waals surface area contributed by atoms with Crippen molar-refractivity contribution >= 4 is 50.4 Å². The van der Waals surface area contributed by atoms with Gasteiger partial charge in [0.25, 0.3) is 5.56 Å². The number of thiazole rings is 1. The van der Waals surface area contributed by atoms with E-state index in [0.717, 1.165) is 11.3 Å². The molecule has 10 heteroatoms. The molecule has 0 aliphatic carbocycles. The number of amides is 1. The second-order valence-electron chi connectivity index (χ2n) is 6.28. The Kier molecular flexibility index (Phi) is 6.02. The van der Waals surface area contributed by atoms with Gasteiger partial charge in [0.1, 0.15) is 0 Å². The summed E-state index contributed by atoms with van der Waals surface area (Å²) in [5.74, 6) is 0.425. The van der Waals surface area contributed by atoms with Crippen LogP contribution < -0.4 is 10.9 Å². The number of hydrogen-bond donors (Lipinski definition) is 1. The molecule has 1 amide bonds. The molecule has 3 aromatic heterocycles. The van der Waals surface area contributed by atoms with E-state index in [2.05, 4.69) is 20.5 Å². The highest BCUT2D eigenvalue weighted by atomic mass is 32.2. The summed E-state index contributed by atoms with van der Waals surface area (Å²) in [5, 5.41) is 13.3. The van der Waals surface area contributed by atoms with Gasteiger partial charge in [-0.1, -0.05) is 53.4 Å². The lowest BCUT2D eigenvalue weighted by molar-refractivity contribution is -0.116. The topological polar surface area (TPSA) is 89.2 Å². The van der Waals surface area contributed by atoms with Gasteiger partial charge in [0.2, 0.25) is 11.0 Å². The molecule has 0 spiro atoms. The van der Waals surface area contributed by atoms with Crippen LogP contribution in [0.4, 0.5) is 5.13 Å². The van der Waals surface area contributed by atoms with Crippen molar-refractivity contribution in [1.82, 2.24) is 19.6 Å². The summed E-state index contributed by atoms with van der Waals surface area (Å²) in [5.41, 5.74) is 2.63. The summed E-state index contributed by atoms with van der Waals surface area (Å²) < 4.78 is 2.32. The van der Waals surface area contributed by atoms with Crippen molar-refractivity contribution in [2.75, 3.05) is 5.32 Å². The normalized spacial score (nSPS) is 11.1. The van der Waals surface area contributed by atoms with E-state index < -0.39 is 0 Å². The third-order valence-corrected chi connectivity index (χ3v) is 7.06. The van der Waals surface area contributed by atoms with E-state index in [0.29, 0.717) is 38.7 Å². The molecule has 0 aliphatic rings. The van der Waals surface area contributed by atoms with Crippen LogP contribution in [0.3, 0.4) is 0 Å². The number of anilines is 1. The van der Waals surface area contributed by atoms with Crippen molar-refractivity contribution in [3.05, 3.63) is 69.1 Å². The molecular formula is C19H17N5O2S3.